The quantitative estimate of drug-likeness (QED) is 0.601. The first-order valence-corrected chi connectivity index (χ1v) is 8.59. The van der Waals surface area contributed by atoms with Crippen LogP contribution < -0.4 is 11.1 Å². The minimum absolute atomic E-state index is 0.0177. The van der Waals surface area contributed by atoms with Crippen molar-refractivity contribution in [1.82, 2.24) is 15.3 Å². The summed E-state index contributed by atoms with van der Waals surface area (Å²) in [6.07, 6.45) is 1.16. The molecule has 1 heterocycles. The molecule has 0 aliphatic heterocycles. The van der Waals surface area contributed by atoms with Gasteiger partial charge in [-0.1, -0.05) is 38.1 Å². The van der Waals surface area contributed by atoms with E-state index in [1.807, 2.05) is 48.5 Å². The molecule has 1 atom stereocenters. The number of fused-ring (bicyclic) bond motifs is 1. The van der Waals surface area contributed by atoms with Gasteiger partial charge in [0, 0.05) is 5.69 Å². The smallest absolute Gasteiger partial charge is 0.225 e. The fourth-order valence-corrected chi connectivity index (χ4v) is 2.91. The summed E-state index contributed by atoms with van der Waals surface area (Å²) < 4.78 is 0. The number of benzene rings is 2. The predicted molar refractivity (Wildman–Crippen MR) is 101 cm³/mol. The van der Waals surface area contributed by atoms with Gasteiger partial charge in [0.15, 0.2) is 0 Å². The van der Waals surface area contributed by atoms with Crippen molar-refractivity contribution in [2.45, 2.75) is 32.7 Å². The average Bonchev–Trinajstić information content (AvgIpc) is 3.00. The maximum Gasteiger partial charge on any atom is 0.225 e. The maximum atomic E-state index is 12.5. The molecule has 0 aliphatic carbocycles. The average molecular weight is 336 g/mol. The van der Waals surface area contributed by atoms with Crippen LogP contribution in [0.2, 0.25) is 0 Å². The molecule has 0 fully saturated rings. The molecule has 0 radical (unpaired) electrons. The Morgan fingerprint density at radius 1 is 1.16 bits per heavy atom. The Hall–Kier alpha value is -2.82. The third-order valence-electron chi connectivity index (χ3n) is 4.12. The largest absolute Gasteiger partial charge is 0.399 e. The number of H-pyrrole nitrogens is 1. The van der Waals surface area contributed by atoms with E-state index in [9.17, 15) is 4.79 Å². The van der Waals surface area contributed by atoms with E-state index >= 15 is 0 Å². The number of carbonyl (C=O) groups excluding carboxylic acids is 1. The van der Waals surface area contributed by atoms with Crippen molar-refractivity contribution >= 4 is 22.6 Å². The lowest BCUT2D eigenvalue weighted by atomic mass is 10.0. The van der Waals surface area contributed by atoms with Crippen molar-refractivity contribution in [3.63, 3.8) is 0 Å². The number of hydrogen-bond donors (Lipinski definition) is 3. The highest BCUT2D eigenvalue weighted by atomic mass is 16.1. The number of nitrogens with two attached hydrogens (primary N) is 1. The molecule has 3 rings (SSSR count). The lowest BCUT2D eigenvalue weighted by molar-refractivity contribution is -0.121. The van der Waals surface area contributed by atoms with Gasteiger partial charge >= 0.3 is 0 Å². The van der Waals surface area contributed by atoms with E-state index in [2.05, 4.69) is 29.1 Å². The first-order valence-electron chi connectivity index (χ1n) is 8.59. The number of hydrogen-bond acceptors (Lipinski definition) is 3. The van der Waals surface area contributed by atoms with Crippen molar-refractivity contribution in [1.29, 1.82) is 0 Å². The molecule has 130 valence electrons. The third-order valence-corrected chi connectivity index (χ3v) is 4.12. The summed E-state index contributed by atoms with van der Waals surface area (Å²) in [6.45, 7) is 4.28. The fourth-order valence-electron chi connectivity index (χ4n) is 2.91. The van der Waals surface area contributed by atoms with Crippen molar-refractivity contribution < 1.29 is 4.79 Å². The van der Waals surface area contributed by atoms with Crippen LogP contribution in [0.3, 0.4) is 0 Å². The zero-order valence-corrected chi connectivity index (χ0v) is 14.6. The number of carbonyl (C=O) groups is 1. The van der Waals surface area contributed by atoms with Crippen LogP contribution in [0.5, 0.6) is 0 Å². The van der Waals surface area contributed by atoms with Gasteiger partial charge in [0.1, 0.15) is 5.82 Å². The van der Waals surface area contributed by atoms with Crippen LogP contribution in [0.25, 0.3) is 11.0 Å². The number of nitrogens with zero attached hydrogens (tertiary/aromatic N) is 1. The Bertz CT molecular complexity index is 819. The zero-order valence-electron chi connectivity index (χ0n) is 14.6. The van der Waals surface area contributed by atoms with Gasteiger partial charge in [-0.05, 0) is 42.2 Å². The summed E-state index contributed by atoms with van der Waals surface area (Å²) in [5.41, 5.74) is 9.24. The molecule has 0 spiro atoms. The lowest BCUT2D eigenvalue weighted by Crippen LogP contribution is -2.31. The monoisotopic (exact) mass is 336 g/mol. The molecule has 4 N–H and O–H groups in total. The molecular weight excluding hydrogens is 312 g/mol. The minimum Gasteiger partial charge on any atom is -0.399 e. The molecule has 5 nitrogen and oxygen atoms in total. The Morgan fingerprint density at radius 3 is 2.56 bits per heavy atom. The molecule has 25 heavy (non-hydrogen) atoms. The topological polar surface area (TPSA) is 83.8 Å². The highest BCUT2D eigenvalue weighted by molar-refractivity contribution is 5.79. The fraction of sp³-hybridized carbons (Fsp3) is 0.300. The Balaban J connectivity index is 1.75. The van der Waals surface area contributed by atoms with E-state index < -0.39 is 0 Å². The number of rotatable bonds is 6. The number of nitrogen functional groups attached to an aromatic ring is 1. The SMILES string of the molecule is CC(C)CC(NC(=O)Cc1ccc(N)cc1)c1nc2ccccc2[nH]1. The molecule has 0 aliphatic rings. The van der Waals surface area contributed by atoms with E-state index in [-0.39, 0.29) is 11.9 Å². The highest BCUT2D eigenvalue weighted by Crippen LogP contribution is 2.22. The molecule has 0 bridgehead atoms. The summed E-state index contributed by atoms with van der Waals surface area (Å²) >= 11 is 0. The number of amides is 1. The second-order valence-corrected chi connectivity index (χ2v) is 6.81. The van der Waals surface area contributed by atoms with Gasteiger partial charge in [-0.2, -0.15) is 0 Å². The molecule has 5 heteroatoms. The van der Waals surface area contributed by atoms with Crippen molar-refractivity contribution in [2.24, 2.45) is 5.92 Å². The summed E-state index contributed by atoms with van der Waals surface area (Å²) in [6, 6.07) is 15.2. The summed E-state index contributed by atoms with van der Waals surface area (Å²) in [5.74, 6) is 1.23. The molecule has 0 saturated heterocycles. The molecule has 0 saturated carbocycles. The molecule has 2 aromatic carbocycles. The van der Waals surface area contributed by atoms with E-state index in [0.717, 1.165) is 28.8 Å². The van der Waals surface area contributed by atoms with Crippen molar-refractivity contribution in [3.8, 4) is 0 Å². The molecule has 1 unspecified atom stereocenters. The second kappa shape index (κ2) is 7.38. The number of imidazole rings is 1. The standard InChI is InChI=1S/C20H24N4O/c1-13(2)11-18(20-23-16-5-3-4-6-17(16)24-20)22-19(25)12-14-7-9-15(21)10-8-14/h3-10,13,18H,11-12,21H2,1-2H3,(H,22,25)(H,23,24). The van der Waals surface area contributed by atoms with Gasteiger partial charge in [-0.15, -0.1) is 0 Å². The van der Waals surface area contributed by atoms with Gasteiger partial charge in [0.25, 0.3) is 0 Å². The Morgan fingerprint density at radius 2 is 1.88 bits per heavy atom. The van der Waals surface area contributed by atoms with E-state index in [0.29, 0.717) is 18.0 Å². The van der Waals surface area contributed by atoms with Crippen molar-refractivity contribution in [2.75, 3.05) is 5.73 Å². The van der Waals surface area contributed by atoms with Gasteiger partial charge in [-0.25, -0.2) is 4.98 Å². The Kier molecular flexibility index (Phi) is 5.03. The van der Waals surface area contributed by atoms with Gasteiger partial charge in [-0.3, -0.25) is 4.79 Å². The molecule has 1 aromatic heterocycles. The van der Waals surface area contributed by atoms with E-state index in [1.165, 1.54) is 0 Å². The van der Waals surface area contributed by atoms with Gasteiger partial charge in [0.05, 0.1) is 23.5 Å². The number of anilines is 1. The van der Waals surface area contributed by atoms with Crippen LogP contribution in [0.1, 0.15) is 37.7 Å². The first kappa shape index (κ1) is 17.0. The molecular formula is C20H24N4O. The van der Waals surface area contributed by atoms with Crippen LogP contribution in [-0.2, 0) is 11.2 Å². The van der Waals surface area contributed by atoms with Crippen LogP contribution >= 0.6 is 0 Å². The second-order valence-electron chi connectivity index (χ2n) is 6.81. The summed E-state index contributed by atoms with van der Waals surface area (Å²) in [7, 11) is 0. The summed E-state index contributed by atoms with van der Waals surface area (Å²) in [5, 5.41) is 3.12. The maximum absolute atomic E-state index is 12.5. The minimum atomic E-state index is -0.131. The van der Waals surface area contributed by atoms with Crippen molar-refractivity contribution in [3.05, 3.63) is 59.9 Å². The number of para-hydroxylation sites is 2. The molecule has 3 aromatic rings. The van der Waals surface area contributed by atoms with Crippen LogP contribution in [0, 0.1) is 5.92 Å². The first-order chi connectivity index (χ1) is 12.0. The summed E-state index contributed by atoms with van der Waals surface area (Å²) in [4.78, 5) is 20.5. The lowest BCUT2D eigenvalue weighted by Gasteiger charge is -2.19. The van der Waals surface area contributed by atoms with Gasteiger partial charge in [0.2, 0.25) is 5.91 Å². The van der Waals surface area contributed by atoms with Crippen LogP contribution in [-0.4, -0.2) is 15.9 Å². The molecule has 1 amide bonds. The normalized spacial score (nSPS) is 12.4. The zero-order chi connectivity index (χ0) is 17.8. The number of aromatic amines is 1. The predicted octanol–water partition coefficient (Wildman–Crippen LogP) is 3.59. The van der Waals surface area contributed by atoms with Crippen LogP contribution in [0.4, 0.5) is 5.69 Å². The van der Waals surface area contributed by atoms with Crippen LogP contribution in [0.15, 0.2) is 48.5 Å². The van der Waals surface area contributed by atoms with E-state index in [4.69, 9.17) is 5.73 Å². The van der Waals surface area contributed by atoms with Gasteiger partial charge < -0.3 is 16.0 Å². The third kappa shape index (κ3) is 4.38. The number of aromatic nitrogens is 2. The number of nitrogens with one attached hydrogen (secondary N) is 2. The Labute approximate surface area is 147 Å². The highest BCUT2D eigenvalue weighted by Gasteiger charge is 2.19. The van der Waals surface area contributed by atoms with E-state index in [1.54, 1.807) is 0 Å².